The molecule has 0 bridgehead atoms. The predicted octanol–water partition coefficient (Wildman–Crippen LogP) is 5.48. The molecule has 0 unspecified atom stereocenters. The van der Waals surface area contributed by atoms with E-state index in [1.54, 1.807) is 0 Å². The van der Waals surface area contributed by atoms with Crippen molar-refractivity contribution in [3.8, 4) is 0 Å². The second-order valence-electron chi connectivity index (χ2n) is 5.35. The molecule has 0 saturated carbocycles. The van der Waals surface area contributed by atoms with Gasteiger partial charge in [0, 0.05) is 12.8 Å². The molecule has 1 heteroatoms. The number of hydrogen-bond donors (Lipinski definition) is 0. The van der Waals surface area contributed by atoms with Gasteiger partial charge in [-0.2, -0.15) is 0 Å². The van der Waals surface area contributed by atoms with E-state index in [-0.39, 0.29) is 0 Å². The zero-order valence-electron chi connectivity index (χ0n) is 11.0. The van der Waals surface area contributed by atoms with E-state index in [1.165, 1.54) is 75.7 Å². The molecule has 0 aliphatic heterocycles. The minimum atomic E-state index is 1.15. The molecular weight excluding hydrogens is 208 g/mol. The fourth-order valence-electron chi connectivity index (χ4n) is 2.68. The Labute approximate surface area is 106 Å². The van der Waals surface area contributed by atoms with Crippen LogP contribution in [0.15, 0.2) is 23.7 Å². The van der Waals surface area contributed by atoms with Crippen LogP contribution in [0.2, 0.25) is 0 Å². The number of hydrogen-bond acceptors (Lipinski definition) is 1. The van der Waals surface area contributed by atoms with E-state index in [1.807, 2.05) is 0 Å². The first kappa shape index (κ1) is 12.7. The average molecular weight is 234 g/mol. The van der Waals surface area contributed by atoms with Crippen LogP contribution in [0, 0.1) is 0 Å². The van der Waals surface area contributed by atoms with Gasteiger partial charge in [0.2, 0.25) is 0 Å². The topological polar surface area (TPSA) is 9.23 Å². The zero-order chi connectivity index (χ0) is 11.8. The van der Waals surface area contributed by atoms with Crippen LogP contribution < -0.4 is 0 Å². The fourth-order valence-corrected chi connectivity index (χ4v) is 2.68. The molecule has 0 spiro atoms. The van der Waals surface area contributed by atoms with E-state index in [2.05, 4.69) is 12.2 Å². The molecule has 0 heterocycles. The highest BCUT2D eigenvalue weighted by atomic mass is 16.5. The van der Waals surface area contributed by atoms with Crippen molar-refractivity contribution < 1.29 is 4.74 Å². The Kier molecular flexibility index (Phi) is 5.67. The Hall–Kier alpha value is -0.720. The van der Waals surface area contributed by atoms with Crippen molar-refractivity contribution in [1.29, 1.82) is 0 Å². The van der Waals surface area contributed by atoms with E-state index in [9.17, 15) is 0 Å². The zero-order valence-corrected chi connectivity index (χ0v) is 11.0. The van der Waals surface area contributed by atoms with Gasteiger partial charge in [0.1, 0.15) is 0 Å². The van der Waals surface area contributed by atoms with Gasteiger partial charge < -0.3 is 4.74 Å². The van der Waals surface area contributed by atoms with Gasteiger partial charge in [0.05, 0.1) is 11.5 Å². The van der Waals surface area contributed by atoms with Crippen molar-refractivity contribution in [1.82, 2.24) is 0 Å². The minimum absolute atomic E-state index is 1.15. The molecule has 2 rings (SSSR count). The Morgan fingerprint density at radius 2 is 1.06 bits per heavy atom. The molecule has 0 atom stereocenters. The van der Waals surface area contributed by atoms with E-state index in [4.69, 9.17) is 4.74 Å². The van der Waals surface area contributed by atoms with Gasteiger partial charge in [0.15, 0.2) is 0 Å². The molecule has 17 heavy (non-hydrogen) atoms. The molecular formula is C16H26O. The van der Waals surface area contributed by atoms with Crippen molar-refractivity contribution in [3.63, 3.8) is 0 Å². The summed E-state index contributed by atoms with van der Waals surface area (Å²) in [6.07, 6.45) is 20.2. The highest BCUT2D eigenvalue weighted by Crippen LogP contribution is 2.24. The lowest BCUT2D eigenvalue weighted by molar-refractivity contribution is 0.263. The summed E-state index contributed by atoms with van der Waals surface area (Å²) < 4.78 is 6.13. The molecule has 1 nitrogen and oxygen atoms in total. The third-order valence-electron chi connectivity index (χ3n) is 3.76. The first-order valence-electron chi connectivity index (χ1n) is 7.51. The summed E-state index contributed by atoms with van der Waals surface area (Å²) in [7, 11) is 0. The molecule has 0 aromatic rings. The monoisotopic (exact) mass is 234 g/mol. The van der Waals surface area contributed by atoms with Crippen molar-refractivity contribution in [2.24, 2.45) is 0 Å². The third-order valence-corrected chi connectivity index (χ3v) is 3.76. The van der Waals surface area contributed by atoms with Crippen molar-refractivity contribution in [2.45, 2.75) is 77.0 Å². The molecule has 0 radical (unpaired) electrons. The SMILES string of the molecule is C1=C(/O/C2=C/CCCCCC2)CCCCCC/1. The van der Waals surface area contributed by atoms with Gasteiger partial charge >= 0.3 is 0 Å². The van der Waals surface area contributed by atoms with Crippen LogP contribution in [0.1, 0.15) is 77.0 Å². The van der Waals surface area contributed by atoms with Gasteiger partial charge in [-0.25, -0.2) is 0 Å². The second-order valence-corrected chi connectivity index (χ2v) is 5.35. The van der Waals surface area contributed by atoms with Gasteiger partial charge in [-0.05, 0) is 50.7 Å². The summed E-state index contributed by atoms with van der Waals surface area (Å²) >= 11 is 0. The smallest absolute Gasteiger partial charge is 0.0996 e. The van der Waals surface area contributed by atoms with Crippen LogP contribution in [0.3, 0.4) is 0 Å². The lowest BCUT2D eigenvalue weighted by Crippen LogP contribution is -1.99. The molecule has 0 N–H and O–H groups in total. The van der Waals surface area contributed by atoms with E-state index < -0.39 is 0 Å². The first-order chi connectivity index (χ1) is 8.45. The Morgan fingerprint density at radius 1 is 0.588 bits per heavy atom. The van der Waals surface area contributed by atoms with E-state index >= 15 is 0 Å². The average Bonchev–Trinajstić information content (AvgIpc) is 2.24. The molecule has 0 aromatic heterocycles. The van der Waals surface area contributed by atoms with E-state index in [0.717, 1.165) is 12.8 Å². The maximum Gasteiger partial charge on any atom is 0.0996 e. The number of ether oxygens (including phenoxy) is 1. The Bertz CT molecular complexity index is 247. The molecule has 2 aliphatic rings. The van der Waals surface area contributed by atoms with Crippen LogP contribution in [-0.4, -0.2) is 0 Å². The lowest BCUT2D eigenvalue weighted by atomic mass is 10.0. The molecule has 0 saturated heterocycles. The summed E-state index contributed by atoms with van der Waals surface area (Å²) in [5, 5.41) is 0. The van der Waals surface area contributed by atoms with Crippen LogP contribution >= 0.6 is 0 Å². The fraction of sp³-hybridized carbons (Fsp3) is 0.750. The highest BCUT2D eigenvalue weighted by Gasteiger charge is 2.08. The van der Waals surface area contributed by atoms with E-state index in [0.29, 0.717) is 0 Å². The Balaban J connectivity index is 1.88. The van der Waals surface area contributed by atoms with Gasteiger partial charge in [0.25, 0.3) is 0 Å². The largest absolute Gasteiger partial charge is 0.467 e. The highest BCUT2D eigenvalue weighted by molar-refractivity contribution is 5.03. The molecule has 96 valence electrons. The maximum absolute atomic E-state index is 6.13. The molecule has 2 aliphatic carbocycles. The quantitative estimate of drug-likeness (QED) is 0.614. The summed E-state index contributed by atoms with van der Waals surface area (Å²) in [5.41, 5.74) is 0. The van der Waals surface area contributed by atoms with Crippen LogP contribution in [0.4, 0.5) is 0 Å². The normalized spacial score (nSPS) is 29.6. The van der Waals surface area contributed by atoms with Crippen LogP contribution in [0.25, 0.3) is 0 Å². The summed E-state index contributed by atoms with van der Waals surface area (Å²) in [6.45, 7) is 0. The molecule has 0 amide bonds. The van der Waals surface area contributed by atoms with Gasteiger partial charge in [-0.15, -0.1) is 0 Å². The molecule has 0 fully saturated rings. The lowest BCUT2D eigenvalue weighted by Gasteiger charge is -2.17. The number of rotatable bonds is 2. The summed E-state index contributed by atoms with van der Waals surface area (Å²) in [6, 6.07) is 0. The third kappa shape index (κ3) is 4.97. The van der Waals surface area contributed by atoms with Crippen molar-refractivity contribution >= 4 is 0 Å². The van der Waals surface area contributed by atoms with Gasteiger partial charge in [-0.3, -0.25) is 0 Å². The Morgan fingerprint density at radius 3 is 1.59 bits per heavy atom. The van der Waals surface area contributed by atoms with Crippen LogP contribution in [0.5, 0.6) is 0 Å². The summed E-state index contributed by atoms with van der Waals surface area (Å²) in [4.78, 5) is 0. The minimum Gasteiger partial charge on any atom is -0.467 e. The standard InChI is InChI=1S/C16H26O/c1-3-7-11-15(12-8-4-1)17-16-13-9-5-2-6-10-14-16/h11,13H,1-10,12,14H2/b15-11+,16-13+. The van der Waals surface area contributed by atoms with Crippen molar-refractivity contribution in [3.05, 3.63) is 23.7 Å². The number of allylic oxidation sites excluding steroid dienone is 4. The van der Waals surface area contributed by atoms with Crippen molar-refractivity contribution in [2.75, 3.05) is 0 Å². The first-order valence-corrected chi connectivity index (χ1v) is 7.51. The summed E-state index contributed by atoms with van der Waals surface area (Å²) in [5.74, 6) is 2.49. The van der Waals surface area contributed by atoms with Gasteiger partial charge in [-0.1, -0.05) is 25.7 Å². The molecule has 0 aromatic carbocycles. The second kappa shape index (κ2) is 7.58. The predicted molar refractivity (Wildman–Crippen MR) is 72.7 cm³/mol. The maximum atomic E-state index is 6.13. The van der Waals surface area contributed by atoms with Crippen LogP contribution in [-0.2, 0) is 4.74 Å².